The predicted octanol–water partition coefficient (Wildman–Crippen LogP) is 2.63. The summed E-state index contributed by atoms with van der Waals surface area (Å²) in [5.74, 6) is 0.390. The van der Waals surface area contributed by atoms with Crippen LogP contribution in [0.3, 0.4) is 0 Å². The zero-order chi connectivity index (χ0) is 21.3. The molecule has 2 aromatic rings. The van der Waals surface area contributed by atoms with Gasteiger partial charge in [0.05, 0.1) is 19.2 Å². The maximum absolute atomic E-state index is 12.0. The normalized spacial score (nSPS) is 15.6. The summed E-state index contributed by atoms with van der Waals surface area (Å²) in [6.07, 6.45) is 2.10. The van der Waals surface area contributed by atoms with Crippen LogP contribution in [0.5, 0.6) is 11.5 Å². The molecule has 3 rings (SSSR count). The Labute approximate surface area is 175 Å². The van der Waals surface area contributed by atoms with Gasteiger partial charge in [0.15, 0.2) is 11.5 Å². The molecule has 1 aliphatic rings. The molecule has 156 valence electrons. The van der Waals surface area contributed by atoms with Crippen molar-refractivity contribution in [2.45, 2.75) is 26.4 Å². The fourth-order valence-electron chi connectivity index (χ4n) is 2.96. The van der Waals surface area contributed by atoms with Gasteiger partial charge in [-0.05, 0) is 42.7 Å². The molecule has 1 atom stereocenters. The minimum absolute atomic E-state index is 0.176. The smallest absolute Gasteiger partial charge is 0.248 e. The second kappa shape index (κ2) is 10.2. The average molecular weight is 408 g/mol. The molecule has 0 saturated heterocycles. The van der Waals surface area contributed by atoms with Crippen molar-refractivity contribution < 1.29 is 19.1 Å². The van der Waals surface area contributed by atoms with Crippen molar-refractivity contribution in [1.29, 1.82) is 0 Å². The summed E-state index contributed by atoms with van der Waals surface area (Å²) < 4.78 is 11.2. The third-order valence-electron chi connectivity index (χ3n) is 4.65. The minimum Gasteiger partial charge on any atom is -0.493 e. The third-order valence-corrected chi connectivity index (χ3v) is 4.65. The maximum atomic E-state index is 12.0. The number of nitrogens with zero attached hydrogens (tertiary/aromatic N) is 2. The molecule has 1 aliphatic heterocycles. The van der Waals surface area contributed by atoms with Crippen LogP contribution in [0.1, 0.15) is 30.9 Å². The second-order valence-electron chi connectivity index (χ2n) is 6.80. The number of hydrazone groups is 2. The van der Waals surface area contributed by atoms with Crippen LogP contribution in [0, 0.1) is 5.92 Å². The Kier molecular flexibility index (Phi) is 7.15. The van der Waals surface area contributed by atoms with Crippen molar-refractivity contribution in [3.63, 3.8) is 0 Å². The molecule has 0 spiro atoms. The largest absolute Gasteiger partial charge is 0.493 e. The van der Waals surface area contributed by atoms with Gasteiger partial charge in [0, 0.05) is 12.1 Å². The molecular weight excluding hydrogens is 384 g/mol. The van der Waals surface area contributed by atoms with Crippen molar-refractivity contribution in [2.75, 3.05) is 7.11 Å². The number of ether oxygens (including phenoxy) is 2. The maximum Gasteiger partial charge on any atom is 0.248 e. The highest BCUT2D eigenvalue weighted by Gasteiger charge is 2.26. The van der Waals surface area contributed by atoms with Crippen molar-refractivity contribution in [3.8, 4) is 11.5 Å². The van der Waals surface area contributed by atoms with Crippen molar-refractivity contribution in [3.05, 3.63) is 59.7 Å². The number of hydrogen-bond donors (Lipinski definition) is 2. The summed E-state index contributed by atoms with van der Waals surface area (Å²) in [5.41, 5.74) is 7.37. The molecule has 8 nitrogen and oxygen atoms in total. The van der Waals surface area contributed by atoms with Gasteiger partial charge in [-0.2, -0.15) is 10.2 Å². The quantitative estimate of drug-likeness (QED) is 0.492. The Morgan fingerprint density at radius 1 is 1.23 bits per heavy atom. The molecule has 8 heteroatoms. The summed E-state index contributed by atoms with van der Waals surface area (Å²) in [6.45, 7) is 2.17. The Bertz CT molecular complexity index is 957. The molecule has 0 radical (unpaired) electrons. The van der Waals surface area contributed by atoms with Crippen LogP contribution in [0.2, 0.25) is 0 Å². The monoisotopic (exact) mass is 408 g/mol. The summed E-state index contributed by atoms with van der Waals surface area (Å²) in [5, 5.41) is 7.86. The molecule has 0 bridgehead atoms. The standard InChI is InChI=1S/C22H24N4O4/c1-15-18(22(28)26-24-15)9-11-21(27)25-23-13-17-8-10-19(29-2)20(12-17)30-14-16-6-4-3-5-7-16/h3-8,10,12-13,18H,9,11,14H2,1-2H3,(H,25,27)(H,26,28)/b23-13-/t18-/m0/s1. The molecule has 2 aromatic carbocycles. The number of methoxy groups -OCH3 is 1. The van der Waals surface area contributed by atoms with Crippen molar-refractivity contribution in [2.24, 2.45) is 16.1 Å². The second-order valence-corrected chi connectivity index (χ2v) is 6.80. The predicted molar refractivity (Wildman–Crippen MR) is 113 cm³/mol. The molecule has 0 fully saturated rings. The molecule has 0 saturated carbocycles. The fourth-order valence-corrected chi connectivity index (χ4v) is 2.96. The Hall–Kier alpha value is -3.68. The van der Waals surface area contributed by atoms with Gasteiger partial charge in [-0.1, -0.05) is 30.3 Å². The zero-order valence-electron chi connectivity index (χ0n) is 16.9. The third kappa shape index (κ3) is 5.66. The Morgan fingerprint density at radius 3 is 2.73 bits per heavy atom. The summed E-state index contributed by atoms with van der Waals surface area (Å²) >= 11 is 0. The van der Waals surface area contributed by atoms with Crippen molar-refractivity contribution >= 4 is 23.7 Å². The van der Waals surface area contributed by atoms with Gasteiger partial charge in [0.1, 0.15) is 6.61 Å². The van der Waals surface area contributed by atoms with Crippen molar-refractivity contribution in [1.82, 2.24) is 10.9 Å². The number of carbonyl (C=O) groups excluding carboxylic acids is 2. The van der Waals surface area contributed by atoms with E-state index in [0.717, 1.165) is 11.1 Å². The fraction of sp³-hybridized carbons (Fsp3) is 0.273. The van der Waals surface area contributed by atoms with Gasteiger partial charge in [0.2, 0.25) is 11.8 Å². The van der Waals surface area contributed by atoms with E-state index in [9.17, 15) is 9.59 Å². The van der Waals surface area contributed by atoms with E-state index in [-0.39, 0.29) is 24.2 Å². The molecular formula is C22H24N4O4. The van der Waals surface area contributed by atoms with Crippen LogP contribution in [0.15, 0.2) is 58.7 Å². The highest BCUT2D eigenvalue weighted by atomic mass is 16.5. The van der Waals surface area contributed by atoms with E-state index in [0.29, 0.717) is 30.2 Å². The van der Waals surface area contributed by atoms with Crippen LogP contribution in [0.25, 0.3) is 0 Å². The molecule has 2 amide bonds. The molecule has 2 N–H and O–H groups in total. The number of hydrogen-bond acceptors (Lipinski definition) is 6. The van der Waals surface area contributed by atoms with E-state index in [1.165, 1.54) is 6.21 Å². The Balaban J connectivity index is 1.53. The van der Waals surface area contributed by atoms with Gasteiger partial charge in [-0.25, -0.2) is 10.9 Å². The van der Waals surface area contributed by atoms with E-state index in [2.05, 4.69) is 21.1 Å². The first-order valence-corrected chi connectivity index (χ1v) is 9.57. The van der Waals surface area contributed by atoms with E-state index >= 15 is 0 Å². The SMILES string of the molecule is COc1ccc(/C=N\NC(=O)CC[C@@H]2C(=O)NN=C2C)cc1OCc1ccccc1. The highest BCUT2D eigenvalue weighted by molar-refractivity contribution is 6.07. The summed E-state index contributed by atoms with van der Waals surface area (Å²) in [7, 11) is 1.58. The first kappa shape index (κ1) is 21.0. The van der Waals surface area contributed by atoms with E-state index in [1.54, 1.807) is 26.2 Å². The first-order valence-electron chi connectivity index (χ1n) is 9.57. The molecule has 30 heavy (non-hydrogen) atoms. The lowest BCUT2D eigenvalue weighted by atomic mass is 9.99. The summed E-state index contributed by atoms with van der Waals surface area (Å²) in [4.78, 5) is 23.6. The number of amides is 2. The first-order chi connectivity index (χ1) is 14.6. The van der Waals surface area contributed by atoms with Crippen LogP contribution in [0.4, 0.5) is 0 Å². The van der Waals surface area contributed by atoms with Crippen LogP contribution in [-0.4, -0.2) is 30.9 Å². The van der Waals surface area contributed by atoms with Crippen LogP contribution in [-0.2, 0) is 16.2 Å². The summed E-state index contributed by atoms with van der Waals surface area (Å²) in [6, 6.07) is 15.2. The number of benzene rings is 2. The molecule has 0 aromatic heterocycles. The van der Waals surface area contributed by atoms with Gasteiger partial charge < -0.3 is 9.47 Å². The number of carbonyl (C=O) groups is 2. The molecule has 0 aliphatic carbocycles. The topological polar surface area (TPSA) is 101 Å². The Morgan fingerprint density at radius 2 is 2.03 bits per heavy atom. The molecule has 1 heterocycles. The van der Waals surface area contributed by atoms with Gasteiger partial charge in [-0.15, -0.1) is 0 Å². The van der Waals surface area contributed by atoms with Gasteiger partial charge >= 0.3 is 0 Å². The van der Waals surface area contributed by atoms with Crippen LogP contribution < -0.4 is 20.3 Å². The highest BCUT2D eigenvalue weighted by Crippen LogP contribution is 2.28. The van der Waals surface area contributed by atoms with Crippen LogP contribution >= 0.6 is 0 Å². The van der Waals surface area contributed by atoms with E-state index in [4.69, 9.17) is 9.47 Å². The molecule has 0 unspecified atom stereocenters. The number of rotatable bonds is 9. The zero-order valence-corrected chi connectivity index (χ0v) is 16.9. The van der Waals surface area contributed by atoms with Gasteiger partial charge in [0.25, 0.3) is 0 Å². The van der Waals surface area contributed by atoms with E-state index < -0.39 is 0 Å². The lowest BCUT2D eigenvalue weighted by Crippen LogP contribution is -2.25. The van der Waals surface area contributed by atoms with Gasteiger partial charge in [-0.3, -0.25) is 9.59 Å². The average Bonchev–Trinajstić information content (AvgIpc) is 3.09. The number of nitrogens with one attached hydrogen (secondary N) is 2. The van der Waals surface area contributed by atoms with E-state index in [1.807, 2.05) is 36.4 Å². The lowest BCUT2D eigenvalue weighted by Gasteiger charge is -2.11. The minimum atomic E-state index is -0.356. The lowest BCUT2D eigenvalue weighted by molar-refractivity contribution is -0.123.